The van der Waals surface area contributed by atoms with Crippen molar-refractivity contribution >= 4 is 23.4 Å². The third-order valence-electron chi connectivity index (χ3n) is 3.12. The summed E-state index contributed by atoms with van der Waals surface area (Å²) in [6.07, 6.45) is 0. The van der Waals surface area contributed by atoms with Crippen LogP contribution in [-0.2, 0) is 10.3 Å². The largest absolute Gasteiger partial charge is 0.367 e. The van der Waals surface area contributed by atoms with Crippen molar-refractivity contribution < 1.29 is 14.1 Å². The number of nitrogens with one attached hydrogen (secondary N) is 1. The molecule has 0 bridgehead atoms. The van der Waals surface area contributed by atoms with Gasteiger partial charge in [0.15, 0.2) is 5.69 Å². The SMILES string of the molecule is Cc1cc(C(=O)N[C@](C)(C(N)=O)c2cccc(Cl)c2)no1. The van der Waals surface area contributed by atoms with Crippen molar-refractivity contribution in [1.82, 2.24) is 10.5 Å². The van der Waals surface area contributed by atoms with Crippen LogP contribution < -0.4 is 11.1 Å². The van der Waals surface area contributed by atoms with Gasteiger partial charge in [-0.3, -0.25) is 9.59 Å². The Morgan fingerprint density at radius 3 is 2.62 bits per heavy atom. The average Bonchev–Trinajstić information content (AvgIpc) is 2.85. The van der Waals surface area contributed by atoms with Crippen molar-refractivity contribution in [1.29, 1.82) is 0 Å². The highest BCUT2D eigenvalue weighted by Crippen LogP contribution is 2.24. The maximum atomic E-state index is 12.2. The first-order valence-electron chi connectivity index (χ1n) is 6.14. The van der Waals surface area contributed by atoms with Gasteiger partial charge in [0.2, 0.25) is 5.91 Å². The lowest BCUT2D eigenvalue weighted by Gasteiger charge is -2.27. The van der Waals surface area contributed by atoms with Crippen LogP contribution >= 0.6 is 11.6 Å². The van der Waals surface area contributed by atoms with Crippen molar-refractivity contribution in [3.05, 3.63) is 52.4 Å². The van der Waals surface area contributed by atoms with E-state index in [1.165, 1.54) is 13.0 Å². The number of nitrogens with two attached hydrogens (primary N) is 1. The van der Waals surface area contributed by atoms with Crippen molar-refractivity contribution in [3.63, 3.8) is 0 Å². The Hall–Kier alpha value is -2.34. The van der Waals surface area contributed by atoms with Gasteiger partial charge >= 0.3 is 0 Å². The minimum Gasteiger partial charge on any atom is -0.367 e. The summed E-state index contributed by atoms with van der Waals surface area (Å²) in [5.74, 6) is -0.782. The zero-order valence-electron chi connectivity index (χ0n) is 11.5. The fraction of sp³-hybridized carbons (Fsp3) is 0.214. The predicted molar refractivity (Wildman–Crippen MR) is 76.7 cm³/mol. The van der Waals surface area contributed by atoms with E-state index >= 15 is 0 Å². The summed E-state index contributed by atoms with van der Waals surface area (Å²) >= 11 is 5.92. The average molecular weight is 308 g/mol. The summed E-state index contributed by atoms with van der Waals surface area (Å²) in [5, 5.41) is 6.61. The van der Waals surface area contributed by atoms with Crippen LogP contribution in [0.25, 0.3) is 0 Å². The maximum Gasteiger partial charge on any atom is 0.274 e. The van der Waals surface area contributed by atoms with Crippen LogP contribution in [0, 0.1) is 6.92 Å². The number of benzene rings is 1. The van der Waals surface area contributed by atoms with E-state index in [1.54, 1.807) is 31.2 Å². The van der Waals surface area contributed by atoms with Crippen LogP contribution in [0.5, 0.6) is 0 Å². The van der Waals surface area contributed by atoms with Crippen molar-refractivity contribution in [2.24, 2.45) is 5.73 Å². The molecule has 0 saturated heterocycles. The standard InChI is InChI=1S/C14H14ClN3O3/c1-8-6-11(18-21-8)12(19)17-14(2,13(16)20)9-4-3-5-10(15)7-9/h3-7H,1-2H3,(H2,16,20)(H,17,19)/t14-/m0/s1. The van der Waals surface area contributed by atoms with Gasteiger partial charge in [0.25, 0.3) is 5.91 Å². The van der Waals surface area contributed by atoms with Crippen LogP contribution in [0.2, 0.25) is 5.02 Å². The number of amides is 2. The fourth-order valence-electron chi connectivity index (χ4n) is 1.84. The topological polar surface area (TPSA) is 98.2 Å². The number of hydrogen-bond acceptors (Lipinski definition) is 4. The van der Waals surface area contributed by atoms with Crippen LogP contribution in [0.4, 0.5) is 0 Å². The minimum absolute atomic E-state index is 0.0713. The second-order valence-electron chi connectivity index (χ2n) is 4.78. The van der Waals surface area contributed by atoms with E-state index in [4.69, 9.17) is 21.9 Å². The Morgan fingerprint density at radius 2 is 2.10 bits per heavy atom. The first-order valence-corrected chi connectivity index (χ1v) is 6.52. The molecule has 0 radical (unpaired) electrons. The molecule has 2 aromatic rings. The van der Waals surface area contributed by atoms with Gasteiger partial charge in [0, 0.05) is 11.1 Å². The number of hydrogen-bond donors (Lipinski definition) is 2. The highest BCUT2D eigenvalue weighted by atomic mass is 35.5. The Labute approximate surface area is 126 Å². The maximum absolute atomic E-state index is 12.2. The monoisotopic (exact) mass is 307 g/mol. The Bertz CT molecular complexity index is 698. The molecule has 2 rings (SSSR count). The lowest BCUT2D eigenvalue weighted by Crippen LogP contribution is -2.52. The number of aryl methyl sites for hydroxylation is 1. The molecular weight excluding hydrogens is 294 g/mol. The molecule has 110 valence electrons. The van der Waals surface area contributed by atoms with Crippen LogP contribution in [0.15, 0.2) is 34.9 Å². The number of rotatable bonds is 4. The molecule has 21 heavy (non-hydrogen) atoms. The van der Waals surface area contributed by atoms with E-state index in [0.717, 1.165) is 0 Å². The zero-order chi connectivity index (χ0) is 15.6. The molecule has 0 unspecified atom stereocenters. The highest BCUT2D eigenvalue weighted by molar-refractivity contribution is 6.30. The molecule has 3 N–H and O–H groups in total. The molecule has 0 aliphatic carbocycles. The van der Waals surface area contributed by atoms with Crippen molar-refractivity contribution in [2.45, 2.75) is 19.4 Å². The number of carbonyl (C=O) groups is 2. The molecule has 0 aliphatic heterocycles. The van der Waals surface area contributed by atoms with Gasteiger partial charge in [-0.15, -0.1) is 0 Å². The molecule has 0 saturated carbocycles. The van der Waals surface area contributed by atoms with E-state index in [9.17, 15) is 9.59 Å². The summed E-state index contributed by atoms with van der Waals surface area (Å²) in [4.78, 5) is 24.0. The van der Waals surface area contributed by atoms with E-state index in [1.807, 2.05) is 0 Å². The fourth-order valence-corrected chi connectivity index (χ4v) is 2.03. The summed E-state index contributed by atoms with van der Waals surface area (Å²) < 4.78 is 4.84. The molecule has 0 aliphatic rings. The molecule has 7 heteroatoms. The number of aromatic nitrogens is 1. The lowest BCUT2D eigenvalue weighted by molar-refractivity contribution is -0.123. The normalized spacial score (nSPS) is 13.5. The predicted octanol–water partition coefficient (Wildman–Crippen LogP) is 1.77. The summed E-state index contributed by atoms with van der Waals surface area (Å²) in [7, 11) is 0. The molecule has 1 atom stereocenters. The van der Waals surface area contributed by atoms with Gasteiger partial charge < -0.3 is 15.6 Å². The minimum atomic E-state index is -1.41. The van der Waals surface area contributed by atoms with Gasteiger partial charge in [-0.25, -0.2) is 0 Å². The van der Waals surface area contributed by atoms with E-state index < -0.39 is 17.4 Å². The van der Waals surface area contributed by atoms with Gasteiger partial charge in [-0.2, -0.15) is 0 Å². The second-order valence-corrected chi connectivity index (χ2v) is 5.21. The molecule has 0 spiro atoms. The third-order valence-corrected chi connectivity index (χ3v) is 3.35. The number of nitrogens with zero attached hydrogens (tertiary/aromatic N) is 1. The van der Waals surface area contributed by atoms with E-state index in [2.05, 4.69) is 10.5 Å². The number of primary amides is 1. The molecule has 1 aromatic carbocycles. The van der Waals surface area contributed by atoms with E-state index in [0.29, 0.717) is 16.3 Å². The quantitative estimate of drug-likeness (QED) is 0.899. The summed E-state index contributed by atoms with van der Waals surface area (Å²) in [6.45, 7) is 3.17. The van der Waals surface area contributed by atoms with Crippen LogP contribution in [0.3, 0.4) is 0 Å². The lowest BCUT2D eigenvalue weighted by atomic mass is 9.91. The van der Waals surface area contributed by atoms with Crippen LogP contribution in [-0.4, -0.2) is 17.0 Å². The molecule has 2 amide bonds. The number of carbonyl (C=O) groups excluding carboxylic acids is 2. The summed E-state index contributed by atoms with van der Waals surface area (Å²) in [6, 6.07) is 8.03. The van der Waals surface area contributed by atoms with Gasteiger partial charge in [-0.1, -0.05) is 28.9 Å². The molecule has 0 fully saturated rings. The second kappa shape index (κ2) is 5.57. The molecular formula is C14H14ClN3O3. The smallest absolute Gasteiger partial charge is 0.274 e. The van der Waals surface area contributed by atoms with Gasteiger partial charge in [0.1, 0.15) is 11.3 Å². The Morgan fingerprint density at radius 1 is 1.38 bits per heavy atom. The number of halogens is 1. The van der Waals surface area contributed by atoms with Crippen molar-refractivity contribution in [3.8, 4) is 0 Å². The molecule has 1 heterocycles. The molecule has 6 nitrogen and oxygen atoms in total. The Kier molecular flexibility index (Phi) is 3.99. The van der Waals surface area contributed by atoms with Crippen LogP contribution in [0.1, 0.15) is 28.7 Å². The highest BCUT2D eigenvalue weighted by Gasteiger charge is 2.36. The molecule has 1 aromatic heterocycles. The van der Waals surface area contributed by atoms with Gasteiger partial charge in [-0.05, 0) is 31.5 Å². The first kappa shape index (κ1) is 15.1. The zero-order valence-corrected chi connectivity index (χ0v) is 12.3. The summed E-state index contributed by atoms with van der Waals surface area (Å²) in [5.41, 5.74) is 4.59. The van der Waals surface area contributed by atoms with Crippen molar-refractivity contribution in [2.75, 3.05) is 0 Å². The van der Waals surface area contributed by atoms with E-state index in [-0.39, 0.29) is 5.69 Å². The third kappa shape index (κ3) is 3.05. The van der Waals surface area contributed by atoms with Gasteiger partial charge in [0.05, 0.1) is 0 Å². The Balaban J connectivity index is 2.35. The first-order chi connectivity index (χ1) is 9.83.